The number of allylic oxidation sites excluding steroid dienone is 1. The lowest BCUT2D eigenvalue weighted by molar-refractivity contribution is -0.345. The summed E-state index contributed by atoms with van der Waals surface area (Å²) in [5, 5.41) is 53.6. The molecule has 1 aromatic carbocycles. The van der Waals surface area contributed by atoms with E-state index in [1.165, 1.54) is 0 Å². The zero-order valence-electron chi connectivity index (χ0n) is 24.2. The highest BCUT2D eigenvalue weighted by Gasteiger charge is 2.60. The molecule has 41 heavy (non-hydrogen) atoms. The highest BCUT2D eigenvalue weighted by atomic mass is 16.7. The molecule has 5 N–H and O–H groups in total. The molecule has 0 aliphatic carbocycles. The van der Waals surface area contributed by atoms with Crippen LogP contribution in [-0.4, -0.2) is 87.8 Å². The molecule has 230 valence electrons. The molecule has 8 unspecified atom stereocenters. The average molecular weight is 577 g/mol. The molecule has 4 rings (SSSR count). The molecule has 1 aromatic rings. The van der Waals surface area contributed by atoms with Crippen molar-refractivity contribution in [2.45, 2.75) is 114 Å². The van der Waals surface area contributed by atoms with Crippen molar-refractivity contribution in [1.82, 2.24) is 0 Å². The van der Waals surface area contributed by atoms with Crippen molar-refractivity contribution >= 4 is 0 Å². The van der Waals surface area contributed by atoms with Crippen molar-refractivity contribution in [3.63, 3.8) is 0 Å². The van der Waals surface area contributed by atoms with E-state index in [1.807, 2.05) is 30.3 Å². The number of fused-ring (bicyclic) bond motifs is 8. The number of benzene rings is 1. The standard InChI is InChI=1S/C32H48O9/c1-3-5-6-21-39-32-22-24(11-7-18-33)26(35)12-9-20-38-27(13-8-19-34)29(28(36)30(32)37)41-31(32)40-25-16-14-23(10-4-2)15-17-25/h4,14-17,24,26-31,33-37H,2-3,5-8,10-13,18-19,21-22H2,1H3. The van der Waals surface area contributed by atoms with E-state index in [4.69, 9.17) is 18.9 Å². The fourth-order valence-electron chi connectivity index (χ4n) is 5.63. The minimum absolute atomic E-state index is 0.0599. The minimum atomic E-state index is -1.54. The van der Waals surface area contributed by atoms with E-state index in [9.17, 15) is 25.5 Å². The van der Waals surface area contributed by atoms with Crippen molar-refractivity contribution < 1.29 is 44.5 Å². The van der Waals surface area contributed by atoms with E-state index in [1.54, 1.807) is 0 Å². The molecule has 0 radical (unpaired) electrons. The van der Waals surface area contributed by atoms with Crippen molar-refractivity contribution in [1.29, 1.82) is 0 Å². The Morgan fingerprint density at radius 2 is 1.78 bits per heavy atom. The van der Waals surface area contributed by atoms with Crippen molar-refractivity contribution in [3.05, 3.63) is 42.5 Å². The molecular weight excluding hydrogens is 528 g/mol. The summed E-state index contributed by atoms with van der Waals surface area (Å²) >= 11 is 0. The first kappa shape index (κ1) is 33.3. The molecule has 9 nitrogen and oxygen atoms in total. The molecular formula is C32H48O9. The SMILES string of the molecule is C=CCc1ccc(OC2OC3C(CCCO)OC#CCC(O)C(CCCO)CC2(OCCCCC)C(O)C3O)cc1. The number of ether oxygens (including phenoxy) is 4. The Kier molecular flexibility index (Phi) is 13.9. The average Bonchev–Trinajstić information content (AvgIpc) is 2.97. The van der Waals surface area contributed by atoms with Gasteiger partial charge in [0.25, 0.3) is 0 Å². The van der Waals surface area contributed by atoms with Crippen LogP contribution in [0.25, 0.3) is 0 Å². The Balaban J connectivity index is 2.09. The highest BCUT2D eigenvalue weighted by molar-refractivity contribution is 5.29. The Morgan fingerprint density at radius 1 is 1.05 bits per heavy atom. The maximum atomic E-state index is 11.9. The van der Waals surface area contributed by atoms with Crippen LogP contribution in [0.4, 0.5) is 0 Å². The van der Waals surface area contributed by atoms with Gasteiger partial charge in [0.2, 0.25) is 6.29 Å². The summed E-state index contributed by atoms with van der Waals surface area (Å²) in [6.07, 6.45) is 2.78. The molecule has 9 heteroatoms. The highest BCUT2D eigenvalue weighted by Crippen LogP contribution is 2.43. The Bertz CT molecular complexity index is 958. The molecule has 3 aliphatic rings. The number of hydrogen-bond acceptors (Lipinski definition) is 9. The van der Waals surface area contributed by atoms with E-state index < -0.39 is 48.3 Å². The summed E-state index contributed by atoms with van der Waals surface area (Å²) in [5.74, 6) is 2.90. The molecule has 1 fully saturated rings. The van der Waals surface area contributed by atoms with Crippen LogP contribution < -0.4 is 4.74 Å². The Hall–Kier alpha value is -2.16. The number of unbranched alkanes of at least 4 members (excludes halogenated alkanes) is 2. The summed E-state index contributed by atoms with van der Waals surface area (Å²) < 4.78 is 25.2. The van der Waals surface area contributed by atoms with Crippen LogP contribution >= 0.6 is 0 Å². The van der Waals surface area contributed by atoms with Gasteiger partial charge in [-0.2, -0.15) is 0 Å². The van der Waals surface area contributed by atoms with Gasteiger partial charge >= 0.3 is 0 Å². The van der Waals surface area contributed by atoms with Crippen molar-refractivity contribution in [2.24, 2.45) is 5.92 Å². The molecule has 1 saturated heterocycles. The molecule has 0 amide bonds. The number of aliphatic hydroxyl groups is 5. The summed E-state index contributed by atoms with van der Waals surface area (Å²) in [7, 11) is 0. The van der Waals surface area contributed by atoms with Gasteiger partial charge in [0.15, 0.2) is 5.60 Å². The van der Waals surface area contributed by atoms with E-state index in [2.05, 4.69) is 25.5 Å². The van der Waals surface area contributed by atoms with Crippen LogP contribution in [0.5, 0.6) is 5.75 Å². The fraction of sp³-hybridized carbons (Fsp3) is 0.688. The molecule has 8 atom stereocenters. The summed E-state index contributed by atoms with van der Waals surface area (Å²) in [6, 6.07) is 7.45. The van der Waals surface area contributed by atoms with Crippen LogP contribution in [0.2, 0.25) is 0 Å². The maximum absolute atomic E-state index is 11.9. The van der Waals surface area contributed by atoms with Crippen LogP contribution in [0.15, 0.2) is 36.9 Å². The topological polar surface area (TPSA) is 138 Å². The smallest absolute Gasteiger partial charge is 0.232 e. The fourth-order valence-corrected chi connectivity index (χ4v) is 5.63. The second-order valence-corrected chi connectivity index (χ2v) is 11.0. The molecule has 2 bridgehead atoms. The molecule has 3 aliphatic heterocycles. The van der Waals surface area contributed by atoms with Gasteiger partial charge in [-0.25, -0.2) is 0 Å². The van der Waals surface area contributed by atoms with Gasteiger partial charge in [-0.05, 0) is 68.6 Å². The van der Waals surface area contributed by atoms with Crippen LogP contribution in [-0.2, 0) is 20.6 Å². The third-order valence-corrected chi connectivity index (χ3v) is 7.97. The Labute approximate surface area is 244 Å². The van der Waals surface area contributed by atoms with Crippen molar-refractivity contribution in [3.8, 4) is 17.8 Å². The van der Waals surface area contributed by atoms with Gasteiger partial charge < -0.3 is 44.5 Å². The van der Waals surface area contributed by atoms with Crippen LogP contribution in [0, 0.1) is 17.9 Å². The molecule has 0 spiro atoms. The lowest BCUT2D eigenvalue weighted by Crippen LogP contribution is -2.71. The zero-order valence-corrected chi connectivity index (χ0v) is 24.2. The lowest BCUT2D eigenvalue weighted by Gasteiger charge is -2.52. The van der Waals surface area contributed by atoms with Gasteiger partial charge in [0, 0.05) is 26.2 Å². The Morgan fingerprint density at radius 3 is 2.46 bits per heavy atom. The van der Waals surface area contributed by atoms with Gasteiger partial charge in [-0.1, -0.05) is 43.9 Å². The minimum Gasteiger partial charge on any atom is -0.462 e. The number of hydrogen-bond donors (Lipinski definition) is 5. The number of rotatable bonds is 15. The molecule has 0 saturated carbocycles. The van der Waals surface area contributed by atoms with Gasteiger partial charge in [0.1, 0.15) is 36.3 Å². The van der Waals surface area contributed by atoms with Gasteiger partial charge in [0.05, 0.1) is 6.10 Å². The quantitative estimate of drug-likeness (QED) is 0.121. The predicted octanol–water partition coefficient (Wildman–Crippen LogP) is 2.85. The third kappa shape index (κ3) is 8.91. The maximum Gasteiger partial charge on any atom is 0.232 e. The third-order valence-electron chi connectivity index (χ3n) is 7.97. The van der Waals surface area contributed by atoms with E-state index in [-0.39, 0.29) is 32.7 Å². The van der Waals surface area contributed by atoms with Crippen LogP contribution in [0.1, 0.15) is 70.3 Å². The second-order valence-electron chi connectivity index (χ2n) is 11.0. The van der Waals surface area contributed by atoms with Crippen molar-refractivity contribution in [2.75, 3.05) is 19.8 Å². The summed E-state index contributed by atoms with van der Waals surface area (Å²) in [4.78, 5) is 0. The molecule has 0 aromatic heterocycles. The first-order chi connectivity index (χ1) is 19.9. The van der Waals surface area contributed by atoms with Crippen LogP contribution in [0.3, 0.4) is 0 Å². The zero-order chi connectivity index (χ0) is 29.7. The van der Waals surface area contributed by atoms with E-state index in [0.29, 0.717) is 37.9 Å². The van der Waals surface area contributed by atoms with E-state index >= 15 is 0 Å². The molecule has 3 heterocycles. The number of aliphatic hydroxyl groups excluding tert-OH is 5. The van der Waals surface area contributed by atoms with Gasteiger partial charge in [-0.3, -0.25) is 0 Å². The second kappa shape index (κ2) is 17.1. The summed E-state index contributed by atoms with van der Waals surface area (Å²) in [6.45, 7) is 6.00. The van der Waals surface area contributed by atoms with E-state index in [0.717, 1.165) is 24.8 Å². The monoisotopic (exact) mass is 576 g/mol. The van der Waals surface area contributed by atoms with Gasteiger partial charge in [-0.15, -0.1) is 6.58 Å². The first-order valence-corrected chi connectivity index (χ1v) is 15.0. The lowest BCUT2D eigenvalue weighted by atomic mass is 9.75. The predicted molar refractivity (Wildman–Crippen MR) is 154 cm³/mol. The summed E-state index contributed by atoms with van der Waals surface area (Å²) in [5.41, 5.74) is -0.490. The first-order valence-electron chi connectivity index (χ1n) is 15.0. The normalized spacial score (nSPS) is 31.7. The largest absolute Gasteiger partial charge is 0.462 e.